The standard InChI is InChI=1S/C15H20N2O3/c16-11-3-4-13(17-9-11)14(18)19-10-12-5-8-15(20-12)6-1-2-7-15/h3-4,9,12H,1-2,5-8,10,16H2. The lowest BCUT2D eigenvalue weighted by Gasteiger charge is -2.23. The summed E-state index contributed by atoms with van der Waals surface area (Å²) in [5.41, 5.74) is 6.43. The number of nitrogens with zero attached hydrogens (tertiary/aromatic N) is 1. The Bertz CT molecular complexity index is 480. The van der Waals surface area contributed by atoms with E-state index >= 15 is 0 Å². The van der Waals surface area contributed by atoms with E-state index in [4.69, 9.17) is 15.2 Å². The maximum absolute atomic E-state index is 11.8. The number of ether oxygens (including phenoxy) is 2. The molecule has 5 nitrogen and oxygen atoms in total. The molecule has 20 heavy (non-hydrogen) atoms. The lowest BCUT2D eigenvalue weighted by atomic mass is 9.98. The number of anilines is 1. The number of pyridine rings is 1. The van der Waals surface area contributed by atoms with E-state index in [-0.39, 0.29) is 17.4 Å². The molecule has 0 bridgehead atoms. The highest BCUT2D eigenvalue weighted by Crippen LogP contribution is 2.43. The number of nitrogen functional groups attached to an aromatic ring is 1. The Hall–Kier alpha value is -1.62. The normalized spacial score (nSPS) is 24.1. The summed E-state index contributed by atoms with van der Waals surface area (Å²) in [5.74, 6) is -0.416. The van der Waals surface area contributed by atoms with Gasteiger partial charge in [-0.1, -0.05) is 12.8 Å². The van der Waals surface area contributed by atoms with Gasteiger partial charge in [0.25, 0.3) is 0 Å². The van der Waals surface area contributed by atoms with Gasteiger partial charge in [-0.3, -0.25) is 0 Å². The van der Waals surface area contributed by atoms with Crippen molar-refractivity contribution in [2.45, 2.75) is 50.2 Å². The van der Waals surface area contributed by atoms with E-state index in [0.29, 0.717) is 12.3 Å². The third-order valence-electron chi connectivity index (χ3n) is 4.25. The van der Waals surface area contributed by atoms with Crippen LogP contribution in [0.2, 0.25) is 0 Å². The molecule has 0 radical (unpaired) electrons. The zero-order chi connectivity index (χ0) is 14.0. The van der Waals surface area contributed by atoms with Crippen LogP contribution >= 0.6 is 0 Å². The second kappa shape index (κ2) is 5.40. The average molecular weight is 276 g/mol. The van der Waals surface area contributed by atoms with Crippen LogP contribution in [-0.2, 0) is 9.47 Å². The Morgan fingerprint density at radius 3 is 2.90 bits per heavy atom. The number of esters is 1. The molecule has 1 aliphatic heterocycles. The van der Waals surface area contributed by atoms with Gasteiger partial charge in [-0.2, -0.15) is 0 Å². The monoisotopic (exact) mass is 276 g/mol. The molecular formula is C15H20N2O3. The second-order valence-electron chi connectivity index (χ2n) is 5.74. The highest BCUT2D eigenvalue weighted by Gasteiger charge is 2.42. The molecule has 1 aliphatic carbocycles. The number of hydrogen-bond donors (Lipinski definition) is 1. The van der Waals surface area contributed by atoms with Crippen molar-refractivity contribution in [3.05, 3.63) is 24.0 Å². The van der Waals surface area contributed by atoms with Crippen molar-refractivity contribution in [1.29, 1.82) is 0 Å². The van der Waals surface area contributed by atoms with Crippen LogP contribution in [0.15, 0.2) is 18.3 Å². The van der Waals surface area contributed by atoms with Crippen LogP contribution in [0.5, 0.6) is 0 Å². The van der Waals surface area contributed by atoms with Crippen LogP contribution in [-0.4, -0.2) is 29.3 Å². The van der Waals surface area contributed by atoms with Gasteiger partial charge in [-0.05, 0) is 37.8 Å². The summed E-state index contributed by atoms with van der Waals surface area (Å²) in [6.45, 7) is 0.312. The van der Waals surface area contributed by atoms with Crippen LogP contribution in [0, 0.1) is 0 Å². The first kappa shape index (κ1) is 13.4. The molecule has 1 aromatic rings. The van der Waals surface area contributed by atoms with E-state index < -0.39 is 5.97 Å². The van der Waals surface area contributed by atoms with Gasteiger partial charge >= 0.3 is 5.97 Å². The Morgan fingerprint density at radius 1 is 1.40 bits per heavy atom. The maximum atomic E-state index is 11.8. The molecule has 2 heterocycles. The fourth-order valence-corrected chi connectivity index (χ4v) is 3.17. The molecule has 1 aromatic heterocycles. The minimum atomic E-state index is -0.416. The van der Waals surface area contributed by atoms with Gasteiger partial charge in [0.1, 0.15) is 12.3 Å². The molecule has 1 saturated heterocycles. The molecule has 3 rings (SSSR count). The van der Waals surface area contributed by atoms with Gasteiger partial charge in [0.2, 0.25) is 0 Å². The van der Waals surface area contributed by atoms with Gasteiger partial charge in [-0.25, -0.2) is 9.78 Å². The Balaban J connectivity index is 1.50. The highest BCUT2D eigenvalue weighted by molar-refractivity contribution is 5.87. The number of aromatic nitrogens is 1. The first-order valence-corrected chi connectivity index (χ1v) is 7.23. The predicted octanol–water partition coefficient (Wildman–Crippen LogP) is 2.31. The molecule has 2 N–H and O–H groups in total. The van der Waals surface area contributed by atoms with Gasteiger partial charge in [0.05, 0.1) is 23.6 Å². The summed E-state index contributed by atoms with van der Waals surface area (Å²) in [6.07, 6.45) is 8.36. The number of rotatable bonds is 3. The van der Waals surface area contributed by atoms with Gasteiger partial charge in [-0.15, -0.1) is 0 Å². The first-order chi connectivity index (χ1) is 9.67. The number of hydrogen-bond acceptors (Lipinski definition) is 5. The lowest BCUT2D eigenvalue weighted by molar-refractivity contribution is -0.0599. The van der Waals surface area contributed by atoms with Crippen molar-refractivity contribution < 1.29 is 14.3 Å². The molecule has 1 saturated carbocycles. The van der Waals surface area contributed by atoms with Gasteiger partial charge in [0.15, 0.2) is 0 Å². The number of nitrogens with two attached hydrogens (primary N) is 1. The topological polar surface area (TPSA) is 74.4 Å². The van der Waals surface area contributed by atoms with E-state index in [1.54, 1.807) is 12.1 Å². The van der Waals surface area contributed by atoms with Crippen molar-refractivity contribution in [3.8, 4) is 0 Å². The van der Waals surface area contributed by atoms with Crippen molar-refractivity contribution in [2.24, 2.45) is 0 Å². The zero-order valence-electron chi connectivity index (χ0n) is 11.5. The predicted molar refractivity (Wildman–Crippen MR) is 74.2 cm³/mol. The van der Waals surface area contributed by atoms with E-state index in [0.717, 1.165) is 25.7 Å². The summed E-state index contributed by atoms with van der Waals surface area (Å²) in [5, 5.41) is 0. The molecule has 2 aliphatic rings. The summed E-state index contributed by atoms with van der Waals surface area (Å²) in [7, 11) is 0. The molecule has 0 aromatic carbocycles. The SMILES string of the molecule is Nc1ccc(C(=O)OCC2CCC3(CCCC3)O2)nc1. The van der Waals surface area contributed by atoms with Crippen LogP contribution in [0.1, 0.15) is 49.0 Å². The Morgan fingerprint density at radius 2 is 2.20 bits per heavy atom. The highest BCUT2D eigenvalue weighted by atomic mass is 16.6. The third-order valence-corrected chi connectivity index (χ3v) is 4.25. The minimum Gasteiger partial charge on any atom is -0.458 e. The minimum absolute atomic E-state index is 0.0332. The average Bonchev–Trinajstić information content (AvgIpc) is 3.08. The molecule has 0 amide bonds. The fraction of sp³-hybridized carbons (Fsp3) is 0.600. The van der Waals surface area contributed by atoms with Crippen molar-refractivity contribution in [3.63, 3.8) is 0 Å². The maximum Gasteiger partial charge on any atom is 0.357 e. The fourth-order valence-electron chi connectivity index (χ4n) is 3.17. The van der Waals surface area contributed by atoms with Crippen LogP contribution in [0.25, 0.3) is 0 Å². The number of carbonyl (C=O) groups is 1. The van der Waals surface area contributed by atoms with Crippen LogP contribution in [0.3, 0.4) is 0 Å². The summed E-state index contributed by atoms with van der Waals surface area (Å²) in [6, 6.07) is 3.22. The first-order valence-electron chi connectivity index (χ1n) is 7.23. The van der Waals surface area contributed by atoms with E-state index in [9.17, 15) is 4.79 Å². The van der Waals surface area contributed by atoms with E-state index in [1.165, 1.54) is 19.0 Å². The summed E-state index contributed by atoms with van der Waals surface area (Å²) in [4.78, 5) is 15.8. The Kier molecular flexibility index (Phi) is 3.61. The smallest absolute Gasteiger partial charge is 0.357 e. The summed E-state index contributed by atoms with van der Waals surface area (Å²) < 4.78 is 11.4. The third kappa shape index (κ3) is 2.77. The van der Waals surface area contributed by atoms with Crippen molar-refractivity contribution >= 4 is 11.7 Å². The van der Waals surface area contributed by atoms with Crippen LogP contribution in [0.4, 0.5) is 5.69 Å². The van der Waals surface area contributed by atoms with E-state index in [1.807, 2.05) is 0 Å². The molecular weight excluding hydrogens is 256 g/mol. The molecule has 1 unspecified atom stereocenters. The molecule has 1 atom stereocenters. The second-order valence-corrected chi connectivity index (χ2v) is 5.74. The molecule has 108 valence electrons. The number of carbonyl (C=O) groups excluding carboxylic acids is 1. The quantitative estimate of drug-likeness (QED) is 0.857. The zero-order valence-corrected chi connectivity index (χ0v) is 11.5. The molecule has 5 heteroatoms. The van der Waals surface area contributed by atoms with E-state index in [2.05, 4.69) is 4.98 Å². The van der Waals surface area contributed by atoms with Gasteiger partial charge < -0.3 is 15.2 Å². The van der Waals surface area contributed by atoms with Gasteiger partial charge in [0, 0.05) is 0 Å². The lowest BCUT2D eigenvalue weighted by Crippen LogP contribution is -2.27. The van der Waals surface area contributed by atoms with Crippen LogP contribution < -0.4 is 5.73 Å². The van der Waals surface area contributed by atoms with Crippen molar-refractivity contribution in [2.75, 3.05) is 12.3 Å². The van der Waals surface area contributed by atoms with Crippen molar-refractivity contribution in [1.82, 2.24) is 4.98 Å². The Labute approximate surface area is 118 Å². The molecule has 1 spiro atoms. The largest absolute Gasteiger partial charge is 0.458 e. The summed E-state index contributed by atoms with van der Waals surface area (Å²) >= 11 is 0. The molecule has 2 fully saturated rings.